The Labute approximate surface area is 140 Å². The molecule has 0 bridgehead atoms. The van der Waals surface area contributed by atoms with E-state index in [2.05, 4.69) is 17.0 Å². The molecule has 2 aliphatic heterocycles. The molecular weight excluding hydrogens is 306 g/mol. The lowest BCUT2D eigenvalue weighted by molar-refractivity contribution is -0.143. The first-order valence-corrected chi connectivity index (χ1v) is 8.14. The number of fused-ring (bicyclic) bond motifs is 1. The lowest BCUT2D eigenvalue weighted by Gasteiger charge is -2.05. The Morgan fingerprint density at radius 1 is 1.17 bits per heavy atom. The summed E-state index contributed by atoms with van der Waals surface area (Å²) in [6.07, 6.45) is 0. The van der Waals surface area contributed by atoms with Gasteiger partial charge < -0.3 is 14.2 Å². The van der Waals surface area contributed by atoms with Crippen LogP contribution in [0.3, 0.4) is 0 Å². The predicted octanol–water partition coefficient (Wildman–Crippen LogP) is 2.90. The van der Waals surface area contributed by atoms with Gasteiger partial charge in [0.1, 0.15) is 6.04 Å². The van der Waals surface area contributed by atoms with Gasteiger partial charge in [-0.1, -0.05) is 36.4 Å². The van der Waals surface area contributed by atoms with Crippen LogP contribution in [0.25, 0.3) is 0 Å². The van der Waals surface area contributed by atoms with E-state index in [0.717, 1.165) is 17.1 Å². The van der Waals surface area contributed by atoms with E-state index in [4.69, 9.17) is 14.2 Å². The maximum atomic E-state index is 12.3. The van der Waals surface area contributed by atoms with Crippen LogP contribution in [-0.4, -0.2) is 30.3 Å². The van der Waals surface area contributed by atoms with E-state index in [-0.39, 0.29) is 24.8 Å². The molecular formula is C19H19NO4. The minimum Gasteiger partial charge on any atom is -0.465 e. The number of hydrogen-bond acceptors (Lipinski definition) is 5. The van der Waals surface area contributed by atoms with Crippen molar-refractivity contribution in [1.29, 1.82) is 0 Å². The van der Waals surface area contributed by atoms with Crippen molar-refractivity contribution < 1.29 is 19.0 Å². The molecule has 2 heterocycles. The van der Waals surface area contributed by atoms with E-state index in [0.29, 0.717) is 13.2 Å². The molecule has 0 aliphatic carbocycles. The molecule has 2 aliphatic rings. The molecule has 2 aromatic rings. The molecule has 0 radical (unpaired) electrons. The molecule has 124 valence electrons. The zero-order valence-electron chi connectivity index (χ0n) is 13.5. The summed E-state index contributed by atoms with van der Waals surface area (Å²) in [5, 5.41) is 0. The molecule has 4 rings (SSSR count). The summed E-state index contributed by atoms with van der Waals surface area (Å²) < 4.78 is 16.1. The number of esters is 1. The van der Waals surface area contributed by atoms with Crippen LogP contribution >= 0.6 is 0 Å². The molecule has 2 unspecified atom stereocenters. The van der Waals surface area contributed by atoms with Crippen molar-refractivity contribution in [3.63, 3.8) is 0 Å². The van der Waals surface area contributed by atoms with Gasteiger partial charge in [-0.3, -0.25) is 9.69 Å². The van der Waals surface area contributed by atoms with Gasteiger partial charge >= 0.3 is 5.97 Å². The molecule has 5 nitrogen and oxygen atoms in total. The lowest BCUT2D eigenvalue weighted by Crippen LogP contribution is -2.16. The molecule has 0 N–H and O–H groups in total. The zero-order chi connectivity index (χ0) is 16.5. The van der Waals surface area contributed by atoms with E-state index >= 15 is 0 Å². The van der Waals surface area contributed by atoms with Gasteiger partial charge in [0.05, 0.1) is 12.6 Å². The van der Waals surface area contributed by atoms with E-state index < -0.39 is 0 Å². The van der Waals surface area contributed by atoms with Crippen LogP contribution in [0.2, 0.25) is 0 Å². The molecule has 24 heavy (non-hydrogen) atoms. The van der Waals surface area contributed by atoms with Gasteiger partial charge in [-0.15, -0.1) is 0 Å². The highest BCUT2D eigenvalue weighted by Gasteiger charge is 2.54. The average molecular weight is 325 g/mol. The summed E-state index contributed by atoms with van der Waals surface area (Å²) in [6, 6.07) is 15.8. The van der Waals surface area contributed by atoms with Gasteiger partial charge in [-0.2, -0.15) is 0 Å². The maximum absolute atomic E-state index is 12.3. The number of carbonyl (C=O) groups is 1. The Balaban J connectivity index is 1.58. The Morgan fingerprint density at radius 3 is 2.75 bits per heavy atom. The Morgan fingerprint density at radius 2 is 1.96 bits per heavy atom. The predicted molar refractivity (Wildman–Crippen MR) is 87.7 cm³/mol. The third-order valence-electron chi connectivity index (χ3n) is 4.40. The molecule has 0 spiro atoms. The second-order valence-corrected chi connectivity index (χ2v) is 5.91. The SMILES string of the molecule is CCOC(=O)[C@H]1C(c2ccc3c(c2)OCO3)N1Cc1ccccc1. The largest absolute Gasteiger partial charge is 0.465 e. The highest BCUT2D eigenvalue weighted by molar-refractivity contribution is 5.81. The van der Waals surface area contributed by atoms with Crippen LogP contribution in [-0.2, 0) is 16.1 Å². The van der Waals surface area contributed by atoms with E-state index in [1.54, 1.807) is 0 Å². The van der Waals surface area contributed by atoms with Crippen LogP contribution in [0.4, 0.5) is 0 Å². The molecule has 1 saturated heterocycles. The Kier molecular flexibility index (Phi) is 3.86. The normalized spacial score (nSPS) is 23.8. The summed E-state index contributed by atoms with van der Waals surface area (Å²) in [4.78, 5) is 14.4. The van der Waals surface area contributed by atoms with Crippen LogP contribution < -0.4 is 9.47 Å². The van der Waals surface area contributed by atoms with Gasteiger partial charge in [-0.25, -0.2) is 0 Å². The summed E-state index contributed by atoms with van der Waals surface area (Å²) in [7, 11) is 0. The van der Waals surface area contributed by atoms with Crippen molar-refractivity contribution in [2.75, 3.05) is 13.4 Å². The van der Waals surface area contributed by atoms with Crippen molar-refractivity contribution in [2.24, 2.45) is 0 Å². The fourth-order valence-corrected chi connectivity index (χ4v) is 3.23. The second-order valence-electron chi connectivity index (χ2n) is 5.91. The van der Waals surface area contributed by atoms with Gasteiger partial charge in [-0.05, 0) is 30.2 Å². The van der Waals surface area contributed by atoms with Gasteiger partial charge in [0.25, 0.3) is 0 Å². The van der Waals surface area contributed by atoms with E-state index in [9.17, 15) is 4.79 Å². The Hall–Kier alpha value is -2.53. The maximum Gasteiger partial charge on any atom is 0.325 e. The summed E-state index contributed by atoms with van der Waals surface area (Å²) in [5.41, 5.74) is 2.23. The minimum absolute atomic E-state index is 0.0127. The summed E-state index contributed by atoms with van der Waals surface area (Å²) in [6.45, 7) is 3.18. The smallest absolute Gasteiger partial charge is 0.325 e. The number of hydrogen-bond donors (Lipinski definition) is 0. The lowest BCUT2D eigenvalue weighted by atomic mass is 10.1. The van der Waals surface area contributed by atoms with Crippen LogP contribution in [0, 0.1) is 0 Å². The molecule has 0 aromatic heterocycles. The first kappa shape index (κ1) is 15.0. The quantitative estimate of drug-likeness (QED) is 0.625. The fraction of sp³-hybridized carbons (Fsp3) is 0.316. The van der Waals surface area contributed by atoms with Crippen molar-refractivity contribution in [3.8, 4) is 11.5 Å². The number of ether oxygens (including phenoxy) is 3. The molecule has 5 heteroatoms. The molecule has 2 aromatic carbocycles. The Bertz CT molecular complexity index is 746. The van der Waals surface area contributed by atoms with Gasteiger partial charge in [0.2, 0.25) is 6.79 Å². The summed E-state index contributed by atoms with van der Waals surface area (Å²) in [5.74, 6) is 1.32. The van der Waals surface area contributed by atoms with Crippen LogP contribution in [0.1, 0.15) is 24.1 Å². The number of benzene rings is 2. The van der Waals surface area contributed by atoms with Crippen molar-refractivity contribution in [2.45, 2.75) is 25.6 Å². The van der Waals surface area contributed by atoms with Crippen LogP contribution in [0.5, 0.6) is 11.5 Å². The van der Waals surface area contributed by atoms with Crippen molar-refractivity contribution >= 4 is 5.97 Å². The zero-order valence-corrected chi connectivity index (χ0v) is 13.5. The highest BCUT2D eigenvalue weighted by atomic mass is 16.7. The van der Waals surface area contributed by atoms with Crippen molar-refractivity contribution in [3.05, 3.63) is 59.7 Å². The number of nitrogens with zero attached hydrogens (tertiary/aromatic N) is 1. The fourth-order valence-electron chi connectivity index (χ4n) is 3.23. The number of carbonyl (C=O) groups excluding carboxylic acids is 1. The third-order valence-corrected chi connectivity index (χ3v) is 4.40. The third kappa shape index (κ3) is 2.71. The topological polar surface area (TPSA) is 47.8 Å². The van der Waals surface area contributed by atoms with Gasteiger partial charge in [0, 0.05) is 6.54 Å². The monoisotopic (exact) mass is 325 g/mol. The van der Waals surface area contributed by atoms with E-state index in [1.165, 1.54) is 5.56 Å². The average Bonchev–Trinajstić information content (AvgIpc) is 3.11. The van der Waals surface area contributed by atoms with Crippen molar-refractivity contribution in [1.82, 2.24) is 4.90 Å². The van der Waals surface area contributed by atoms with E-state index in [1.807, 2.05) is 43.3 Å². The van der Waals surface area contributed by atoms with Crippen LogP contribution in [0.15, 0.2) is 48.5 Å². The second kappa shape index (κ2) is 6.17. The molecule has 3 atom stereocenters. The molecule has 0 amide bonds. The molecule has 1 fully saturated rings. The first-order chi connectivity index (χ1) is 11.8. The highest BCUT2D eigenvalue weighted by Crippen LogP contribution is 2.47. The van der Waals surface area contributed by atoms with Gasteiger partial charge in [0.15, 0.2) is 11.5 Å². The standard InChI is InChI=1S/C19H19NO4/c1-2-22-19(21)18-17(20(18)11-13-6-4-3-5-7-13)14-8-9-15-16(10-14)24-12-23-15/h3-10,17-18H,2,11-12H2,1H3/t17?,18-,20?/m1/s1. The minimum atomic E-state index is -0.245. The number of rotatable bonds is 5. The summed E-state index contributed by atoms with van der Waals surface area (Å²) >= 11 is 0. The molecule has 0 saturated carbocycles. The first-order valence-electron chi connectivity index (χ1n) is 8.14.